The molecule has 9 heteroatoms. The standard InChI is InChI=1S/C25H44N6O3/c1-7-20(12-15-31(8-2)16-22(26)30(5)23(27)24(28)32)11-10-19(3)21(33-6)17-34-25(4)13-9-14-29-18-25/h10-11,14,21,26-27H,7-9,12-13,15-18H2,1-6H3,(H2,28,32). The van der Waals surface area contributed by atoms with Crippen LogP contribution < -0.4 is 5.73 Å². The third kappa shape index (κ3) is 9.87. The molecule has 1 heterocycles. The van der Waals surface area contributed by atoms with Crippen LogP contribution in [0.1, 0.15) is 53.4 Å². The van der Waals surface area contributed by atoms with Crippen LogP contribution in [0.5, 0.6) is 0 Å². The van der Waals surface area contributed by atoms with Gasteiger partial charge < -0.3 is 20.1 Å². The van der Waals surface area contributed by atoms with Crippen molar-refractivity contribution < 1.29 is 14.3 Å². The largest absolute Gasteiger partial charge is 0.375 e. The monoisotopic (exact) mass is 476 g/mol. The van der Waals surface area contributed by atoms with Gasteiger partial charge in [0.15, 0.2) is 5.84 Å². The van der Waals surface area contributed by atoms with Crippen LogP contribution in [0.4, 0.5) is 0 Å². The molecule has 1 aliphatic heterocycles. The number of nitrogens with zero attached hydrogens (tertiary/aromatic N) is 3. The molecule has 1 rings (SSSR count). The molecule has 0 aromatic rings. The van der Waals surface area contributed by atoms with E-state index in [-0.39, 0.29) is 23.4 Å². The maximum Gasteiger partial charge on any atom is 0.284 e. The fourth-order valence-electron chi connectivity index (χ4n) is 3.58. The number of methoxy groups -OCH3 is 1. The second kappa shape index (κ2) is 14.8. The van der Waals surface area contributed by atoms with Gasteiger partial charge in [-0.25, -0.2) is 0 Å². The Balaban J connectivity index is 2.67. The van der Waals surface area contributed by atoms with E-state index in [9.17, 15) is 4.79 Å². The van der Waals surface area contributed by atoms with Crippen molar-refractivity contribution in [2.75, 3.05) is 46.9 Å². The molecule has 34 heavy (non-hydrogen) atoms. The number of amidine groups is 2. The van der Waals surface area contributed by atoms with E-state index in [1.165, 1.54) is 17.5 Å². The predicted molar refractivity (Wildman–Crippen MR) is 139 cm³/mol. The molecule has 0 fully saturated rings. The molecule has 0 aliphatic carbocycles. The summed E-state index contributed by atoms with van der Waals surface area (Å²) in [7, 11) is 3.23. The summed E-state index contributed by atoms with van der Waals surface area (Å²) in [4.78, 5) is 18.9. The lowest BCUT2D eigenvalue weighted by Crippen LogP contribution is -2.45. The Morgan fingerprint density at radius 3 is 2.56 bits per heavy atom. The molecule has 192 valence electrons. The van der Waals surface area contributed by atoms with Gasteiger partial charge in [0.05, 0.1) is 25.3 Å². The molecule has 0 bridgehead atoms. The van der Waals surface area contributed by atoms with Crippen LogP contribution in [0, 0.1) is 10.8 Å². The SMILES string of the molecule is CCC(=CC=C(C)C(COC1(C)CCC=NC1)OC)CCN(CC)CC(=N)N(C)C(=N)C(N)=O. The zero-order valence-corrected chi connectivity index (χ0v) is 21.8. The minimum absolute atomic E-state index is 0.110. The zero-order chi connectivity index (χ0) is 25.7. The summed E-state index contributed by atoms with van der Waals surface area (Å²) in [5, 5.41) is 15.9. The molecule has 0 aromatic carbocycles. The number of amides is 1. The highest BCUT2D eigenvalue weighted by molar-refractivity contribution is 6.38. The van der Waals surface area contributed by atoms with Gasteiger partial charge >= 0.3 is 0 Å². The van der Waals surface area contributed by atoms with Crippen molar-refractivity contribution >= 4 is 23.8 Å². The number of carbonyl (C=O) groups excluding carboxylic acids is 1. The van der Waals surface area contributed by atoms with Gasteiger partial charge in [0, 0.05) is 20.7 Å². The molecule has 0 saturated heterocycles. The van der Waals surface area contributed by atoms with Gasteiger partial charge in [0.1, 0.15) is 11.9 Å². The van der Waals surface area contributed by atoms with E-state index in [2.05, 4.69) is 42.8 Å². The number of carbonyl (C=O) groups is 1. The van der Waals surface area contributed by atoms with Gasteiger partial charge in [-0.05, 0) is 57.9 Å². The number of primary amides is 1. The minimum atomic E-state index is -0.838. The van der Waals surface area contributed by atoms with E-state index >= 15 is 0 Å². The number of hydrogen-bond acceptors (Lipinski definition) is 7. The van der Waals surface area contributed by atoms with E-state index in [1.807, 2.05) is 13.1 Å². The summed E-state index contributed by atoms with van der Waals surface area (Å²) in [6, 6.07) is 0. The lowest BCUT2D eigenvalue weighted by molar-refractivity contribution is -0.112. The van der Waals surface area contributed by atoms with Crippen LogP contribution in [0.2, 0.25) is 0 Å². The van der Waals surface area contributed by atoms with Gasteiger partial charge in [-0.15, -0.1) is 0 Å². The number of hydrogen-bond donors (Lipinski definition) is 3. The number of rotatable bonds is 13. The fraction of sp³-hybridized carbons (Fsp3) is 0.680. The number of nitrogens with one attached hydrogen (secondary N) is 2. The third-order valence-electron chi connectivity index (χ3n) is 6.31. The second-order valence-electron chi connectivity index (χ2n) is 8.97. The number of allylic oxidation sites excluding steroid dienone is 2. The van der Waals surface area contributed by atoms with Gasteiger partial charge in [0.25, 0.3) is 5.91 Å². The molecule has 0 spiro atoms. The number of aliphatic imine (C=N–C) groups is 1. The van der Waals surface area contributed by atoms with Crippen molar-refractivity contribution in [1.82, 2.24) is 9.80 Å². The first-order valence-electron chi connectivity index (χ1n) is 12.0. The van der Waals surface area contributed by atoms with Crippen LogP contribution in [-0.4, -0.2) is 92.2 Å². The highest BCUT2D eigenvalue weighted by Crippen LogP contribution is 2.22. The lowest BCUT2D eigenvalue weighted by Gasteiger charge is -2.32. The summed E-state index contributed by atoms with van der Waals surface area (Å²) < 4.78 is 11.9. The highest BCUT2D eigenvalue weighted by atomic mass is 16.5. The van der Waals surface area contributed by atoms with Gasteiger partial charge in [-0.1, -0.05) is 31.6 Å². The summed E-state index contributed by atoms with van der Waals surface area (Å²) in [6.45, 7) is 11.4. The van der Waals surface area contributed by atoms with Crippen LogP contribution in [0.15, 0.2) is 28.3 Å². The van der Waals surface area contributed by atoms with E-state index < -0.39 is 5.91 Å². The quantitative estimate of drug-likeness (QED) is 0.214. The van der Waals surface area contributed by atoms with Crippen molar-refractivity contribution in [2.24, 2.45) is 10.7 Å². The second-order valence-corrected chi connectivity index (χ2v) is 8.97. The highest BCUT2D eigenvalue weighted by Gasteiger charge is 2.27. The molecule has 1 amide bonds. The summed E-state index contributed by atoms with van der Waals surface area (Å²) in [5.41, 5.74) is 7.34. The first kappa shape index (κ1) is 29.7. The average molecular weight is 477 g/mol. The van der Waals surface area contributed by atoms with Crippen molar-refractivity contribution in [1.29, 1.82) is 10.8 Å². The molecule has 0 radical (unpaired) electrons. The van der Waals surface area contributed by atoms with E-state index in [0.29, 0.717) is 19.7 Å². The maximum absolute atomic E-state index is 11.2. The summed E-state index contributed by atoms with van der Waals surface area (Å²) in [6.07, 6.45) is 9.83. The van der Waals surface area contributed by atoms with Crippen LogP contribution in [-0.2, 0) is 14.3 Å². The molecular formula is C25H44N6O3. The van der Waals surface area contributed by atoms with Gasteiger partial charge in [-0.2, -0.15) is 0 Å². The van der Waals surface area contributed by atoms with Crippen LogP contribution in [0.25, 0.3) is 0 Å². The number of nitrogens with two attached hydrogens (primary N) is 1. The van der Waals surface area contributed by atoms with E-state index in [1.54, 1.807) is 7.11 Å². The molecule has 0 saturated carbocycles. The molecule has 9 nitrogen and oxygen atoms in total. The van der Waals surface area contributed by atoms with Crippen LogP contribution >= 0.6 is 0 Å². The third-order valence-corrected chi connectivity index (χ3v) is 6.31. The van der Waals surface area contributed by atoms with E-state index in [0.717, 1.165) is 44.3 Å². The maximum atomic E-state index is 11.2. The lowest BCUT2D eigenvalue weighted by atomic mass is 9.98. The number of ether oxygens (including phenoxy) is 2. The van der Waals surface area contributed by atoms with Crippen molar-refractivity contribution in [3.63, 3.8) is 0 Å². The normalized spacial score (nSPS) is 19.9. The average Bonchev–Trinajstić information content (AvgIpc) is 2.82. The Bertz CT molecular complexity index is 792. The summed E-state index contributed by atoms with van der Waals surface area (Å²) in [5.74, 6) is -1.05. The Hall–Kier alpha value is -2.36. The number of likely N-dealkylation sites (N-methyl/N-ethyl adjacent to an activating group) is 2. The molecular weight excluding hydrogens is 432 g/mol. The molecule has 0 aromatic heterocycles. The smallest absolute Gasteiger partial charge is 0.284 e. The van der Waals surface area contributed by atoms with Crippen LogP contribution in [0.3, 0.4) is 0 Å². The molecule has 2 atom stereocenters. The van der Waals surface area contributed by atoms with Crippen molar-refractivity contribution in [3.05, 3.63) is 23.3 Å². The molecule has 2 unspecified atom stereocenters. The van der Waals surface area contributed by atoms with Gasteiger partial charge in [0.2, 0.25) is 0 Å². The molecule has 1 aliphatic rings. The Labute approximate surface area is 205 Å². The Morgan fingerprint density at radius 2 is 2.03 bits per heavy atom. The van der Waals surface area contributed by atoms with Crippen molar-refractivity contribution in [2.45, 2.75) is 65.1 Å². The predicted octanol–water partition coefficient (Wildman–Crippen LogP) is 3.01. The van der Waals surface area contributed by atoms with E-state index in [4.69, 9.17) is 26.0 Å². The first-order chi connectivity index (χ1) is 16.1. The topological polar surface area (TPSA) is 128 Å². The Kier molecular flexibility index (Phi) is 12.9. The minimum Gasteiger partial charge on any atom is -0.375 e. The first-order valence-corrected chi connectivity index (χ1v) is 12.0. The molecule has 4 N–H and O–H groups in total. The Morgan fingerprint density at radius 1 is 1.32 bits per heavy atom. The van der Waals surface area contributed by atoms with Crippen molar-refractivity contribution in [3.8, 4) is 0 Å². The fourth-order valence-corrected chi connectivity index (χ4v) is 3.58. The van der Waals surface area contributed by atoms with Gasteiger partial charge in [-0.3, -0.25) is 25.5 Å². The summed E-state index contributed by atoms with van der Waals surface area (Å²) >= 11 is 0. The zero-order valence-electron chi connectivity index (χ0n) is 21.8.